The normalized spacial score (nSPS) is 18.9. The molecule has 1 atom stereocenters. The van der Waals surface area contributed by atoms with E-state index in [0.717, 1.165) is 0 Å². The summed E-state index contributed by atoms with van der Waals surface area (Å²) in [5, 5.41) is 3.02. The molecule has 0 aromatic rings. The molecule has 1 aliphatic carbocycles. The number of ether oxygens (including phenoxy) is 2. The maximum Gasteiger partial charge on any atom is 0.246 e. The molecular weight excluding hydrogens is 218 g/mol. The van der Waals surface area contributed by atoms with Gasteiger partial charge in [-0.2, -0.15) is 0 Å². The maximum atomic E-state index is 11.6. The summed E-state index contributed by atoms with van der Waals surface area (Å²) in [6, 6.07) is 0.272. The van der Waals surface area contributed by atoms with Gasteiger partial charge >= 0.3 is 0 Å². The average molecular weight is 243 g/mol. The van der Waals surface area contributed by atoms with E-state index in [-0.39, 0.29) is 18.6 Å². The molecule has 1 rings (SSSR count). The molecule has 0 spiro atoms. The van der Waals surface area contributed by atoms with Crippen LogP contribution in [0.1, 0.15) is 39.0 Å². The van der Waals surface area contributed by atoms with Crippen molar-refractivity contribution in [2.75, 3.05) is 26.9 Å². The van der Waals surface area contributed by atoms with E-state index in [2.05, 4.69) is 12.2 Å². The summed E-state index contributed by atoms with van der Waals surface area (Å²) in [5.74, 6) is 0.630. The minimum absolute atomic E-state index is 0.0147. The molecule has 1 amide bonds. The van der Waals surface area contributed by atoms with Crippen LogP contribution < -0.4 is 5.32 Å². The predicted molar refractivity (Wildman–Crippen MR) is 66.9 cm³/mol. The molecular formula is C13H25NO3. The fraction of sp³-hybridized carbons (Fsp3) is 0.923. The number of rotatable bonds is 7. The second-order valence-electron chi connectivity index (χ2n) is 4.80. The first-order valence-electron chi connectivity index (χ1n) is 6.60. The molecule has 4 nitrogen and oxygen atoms in total. The van der Waals surface area contributed by atoms with E-state index < -0.39 is 0 Å². The third-order valence-electron chi connectivity index (χ3n) is 3.41. The number of carbonyl (C=O) groups excluding carboxylic acids is 1. The summed E-state index contributed by atoms with van der Waals surface area (Å²) in [6.45, 7) is 3.25. The van der Waals surface area contributed by atoms with Gasteiger partial charge in [0, 0.05) is 13.2 Å². The van der Waals surface area contributed by atoms with E-state index in [1.54, 1.807) is 7.11 Å². The van der Waals surface area contributed by atoms with Crippen molar-refractivity contribution in [3.8, 4) is 0 Å². The summed E-state index contributed by atoms with van der Waals surface area (Å²) in [7, 11) is 1.62. The summed E-state index contributed by atoms with van der Waals surface area (Å²) in [5.41, 5.74) is 0. The number of carbonyl (C=O) groups is 1. The van der Waals surface area contributed by atoms with Crippen molar-refractivity contribution in [2.24, 2.45) is 5.92 Å². The SMILES string of the molecule is COCCOCC(=O)N[C@H](C)C1CCCCC1. The highest BCUT2D eigenvalue weighted by molar-refractivity contribution is 5.77. The van der Waals surface area contributed by atoms with E-state index in [4.69, 9.17) is 9.47 Å². The van der Waals surface area contributed by atoms with Crippen molar-refractivity contribution < 1.29 is 14.3 Å². The number of amides is 1. The molecule has 1 fully saturated rings. The van der Waals surface area contributed by atoms with Crippen molar-refractivity contribution in [1.82, 2.24) is 5.32 Å². The molecule has 1 saturated carbocycles. The summed E-state index contributed by atoms with van der Waals surface area (Å²) in [4.78, 5) is 11.6. The number of hydrogen-bond donors (Lipinski definition) is 1. The van der Waals surface area contributed by atoms with Crippen LogP contribution in [0.5, 0.6) is 0 Å². The molecule has 0 radical (unpaired) electrons. The highest BCUT2D eigenvalue weighted by Gasteiger charge is 2.21. The van der Waals surface area contributed by atoms with Gasteiger partial charge in [-0.25, -0.2) is 0 Å². The maximum absolute atomic E-state index is 11.6. The van der Waals surface area contributed by atoms with Crippen molar-refractivity contribution in [2.45, 2.75) is 45.1 Å². The lowest BCUT2D eigenvalue weighted by molar-refractivity contribution is -0.127. The minimum atomic E-state index is -0.0147. The Kier molecular flexibility index (Phi) is 7.21. The summed E-state index contributed by atoms with van der Waals surface area (Å²) >= 11 is 0. The second kappa shape index (κ2) is 8.48. The topological polar surface area (TPSA) is 47.6 Å². The first kappa shape index (κ1) is 14.5. The Labute approximate surface area is 104 Å². The van der Waals surface area contributed by atoms with Crippen LogP contribution in [0.15, 0.2) is 0 Å². The van der Waals surface area contributed by atoms with E-state index >= 15 is 0 Å². The summed E-state index contributed by atoms with van der Waals surface area (Å²) < 4.78 is 10.0. The number of methoxy groups -OCH3 is 1. The molecule has 0 bridgehead atoms. The van der Waals surface area contributed by atoms with Crippen molar-refractivity contribution >= 4 is 5.91 Å². The van der Waals surface area contributed by atoms with Crippen molar-refractivity contribution in [1.29, 1.82) is 0 Å². The molecule has 17 heavy (non-hydrogen) atoms. The highest BCUT2D eigenvalue weighted by atomic mass is 16.5. The van der Waals surface area contributed by atoms with Gasteiger partial charge in [-0.05, 0) is 25.7 Å². The lowest BCUT2D eigenvalue weighted by Gasteiger charge is -2.28. The van der Waals surface area contributed by atoms with E-state index in [0.29, 0.717) is 19.1 Å². The Morgan fingerprint density at radius 1 is 1.29 bits per heavy atom. The molecule has 100 valence electrons. The largest absolute Gasteiger partial charge is 0.382 e. The van der Waals surface area contributed by atoms with Gasteiger partial charge in [0.25, 0.3) is 0 Å². The molecule has 1 aliphatic rings. The average Bonchev–Trinajstić information content (AvgIpc) is 2.36. The Bertz CT molecular complexity index is 215. The molecule has 4 heteroatoms. The molecule has 0 unspecified atom stereocenters. The Balaban J connectivity index is 2.11. The molecule has 0 heterocycles. The third-order valence-corrected chi connectivity index (χ3v) is 3.41. The standard InChI is InChI=1S/C13H25NO3/c1-11(12-6-4-3-5-7-12)14-13(15)10-17-9-8-16-2/h11-12H,3-10H2,1-2H3,(H,14,15)/t11-/m1/s1. The van der Waals surface area contributed by atoms with Crippen LogP contribution in [-0.4, -0.2) is 38.9 Å². The zero-order valence-corrected chi connectivity index (χ0v) is 11.0. The zero-order chi connectivity index (χ0) is 12.5. The zero-order valence-electron chi connectivity index (χ0n) is 11.0. The predicted octanol–water partition coefficient (Wildman–Crippen LogP) is 1.73. The van der Waals surface area contributed by atoms with Crippen LogP contribution in [0.4, 0.5) is 0 Å². The van der Waals surface area contributed by atoms with Crippen molar-refractivity contribution in [3.63, 3.8) is 0 Å². The second-order valence-corrected chi connectivity index (χ2v) is 4.80. The molecule has 0 saturated heterocycles. The van der Waals surface area contributed by atoms with Gasteiger partial charge in [0.2, 0.25) is 5.91 Å². The van der Waals surface area contributed by atoms with Crippen LogP contribution >= 0.6 is 0 Å². The summed E-state index contributed by atoms with van der Waals surface area (Å²) in [6.07, 6.45) is 6.43. The number of nitrogens with one attached hydrogen (secondary N) is 1. The fourth-order valence-electron chi connectivity index (χ4n) is 2.35. The van der Waals surface area contributed by atoms with Gasteiger partial charge < -0.3 is 14.8 Å². The van der Waals surface area contributed by atoms with Gasteiger partial charge in [0.05, 0.1) is 13.2 Å². The van der Waals surface area contributed by atoms with Gasteiger partial charge in [-0.3, -0.25) is 4.79 Å². The van der Waals surface area contributed by atoms with Crippen LogP contribution in [0.3, 0.4) is 0 Å². The van der Waals surface area contributed by atoms with Crippen LogP contribution in [0.25, 0.3) is 0 Å². The smallest absolute Gasteiger partial charge is 0.246 e. The van der Waals surface area contributed by atoms with E-state index in [1.165, 1.54) is 32.1 Å². The number of hydrogen-bond acceptors (Lipinski definition) is 3. The molecule has 0 aliphatic heterocycles. The quantitative estimate of drug-likeness (QED) is 0.693. The monoisotopic (exact) mass is 243 g/mol. The Morgan fingerprint density at radius 2 is 2.00 bits per heavy atom. The third kappa shape index (κ3) is 6.03. The fourth-order valence-corrected chi connectivity index (χ4v) is 2.35. The van der Waals surface area contributed by atoms with Crippen LogP contribution in [-0.2, 0) is 14.3 Å². The van der Waals surface area contributed by atoms with Crippen LogP contribution in [0.2, 0.25) is 0 Å². The lowest BCUT2D eigenvalue weighted by atomic mass is 9.84. The first-order chi connectivity index (χ1) is 8.24. The molecule has 0 aromatic carbocycles. The highest BCUT2D eigenvalue weighted by Crippen LogP contribution is 2.26. The van der Waals surface area contributed by atoms with Crippen molar-refractivity contribution in [3.05, 3.63) is 0 Å². The lowest BCUT2D eigenvalue weighted by Crippen LogP contribution is -2.40. The molecule has 0 aromatic heterocycles. The minimum Gasteiger partial charge on any atom is -0.382 e. The van der Waals surface area contributed by atoms with Gasteiger partial charge in [-0.15, -0.1) is 0 Å². The van der Waals surface area contributed by atoms with Gasteiger partial charge in [-0.1, -0.05) is 19.3 Å². The van der Waals surface area contributed by atoms with Gasteiger partial charge in [0.15, 0.2) is 0 Å². The van der Waals surface area contributed by atoms with Gasteiger partial charge in [0.1, 0.15) is 6.61 Å². The van der Waals surface area contributed by atoms with E-state index in [9.17, 15) is 4.79 Å². The Morgan fingerprint density at radius 3 is 2.65 bits per heavy atom. The first-order valence-corrected chi connectivity index (χ1v) is 6.60. The molecule has 1 N–H and O–H groups in total. The van der Waals surface area contributed by atoms with E-state index in [1.807, 2.05) is 0 Å². The Hall–Kier alpha value is -0.610. The van der Waals surface area contributed by atoms with Crippen LogP contribution in [0, 0.1) is 5.92 Å².